The van der Waals surface area contributed by atoms with Crippen LogP contribution >= 0.6 is 0 Å². The zero-order valence-electron chi connectivity index (χ0n) is 25.4. The normalized spacial score (nSPS) is 18.3. The third-order valence-corrected chi connectivity index (χ3v) is 9.53. The van der Waals surface area contributed by atoms with Crippen LogP contribution in [-0.4, -0.2) is 68.5 Å². The van der Waals surface area contributed by atoms with E-state index >= 15 is 0 Å². The molecule has 0 amide bonds. The van der Waals surface area contributed by atoms with Crippen molar-refractivity contribution in [3.8, 4) is 23.0 Å². The molecule has 0 saturated heterocycles. The Labute approximate surface area is 251 Å². The number of fused-ring (bicyclic) bond motifs is 2. The number of hydrogen-bond acceptors (Lipinski definition) is 6. The van der Waals surface area contributed by atoms with Crippen LogP contribution in [0.4, 0.5) is 0 Å². The highest BCUT2D eigenvalue weighted by molar-refractivity contribution is 5.46. The van der Waals surface area contributed by atoms with Gasteiger partial charge in [0.2, 0.25) is 0 Å². The van der Waals surface area contributed by atoms with Crippen molar-refractivity contribution in [2.75, 3.05) is 26.2 Å². The van der Waals surface area contributed by atoms with Crippen molar-refractivity contribution >= 4 is 0 Å². The molecule has 0 bridgehead atoms. The Bertz CT molecular complexity index is 1250. The van der Waals surface area contributed by atoms with Crippen molar-refractivity contribution in [2.24, 2.45) is 0 Å². The molecule has 226 valence electrons. The highest BCUT2D eigenvalue weighted by atomic mass is 16.3. The van der Waals surface area contributed by atoms with Crippen LogP contribution in [0, 0.1) is 0 Å². The summed E-state index contributed by atoms with van der Waals surface area (Å²) in [6.07, 6.45) is 9.15. The van der Waals surface area contributed by atoms with E-state index in [0.29, 0.717) is 36.4 Å². The Morgan fingerprint density at radius 1 is 0.595 bits per heavy atom. The van der Waals surface area contributed by atoms with Gasteiger partial charge in [-0.15, -0.1) is 0 Å². The zero-order valence-corrected chi connectivity index (χ0v) is 25.4. The zero-order chi connectivity index (χ0) is 29.6. The average molecular weight is 573 g/mol. The van der Waals surface area contributed by atoms with Gasteiger partial charge in [-0.05, 0) is 135 Å². The first-order valence-corrected chi connectivity index (χ1v) is 16.0. The SMILES string of the molecule is CCCN(CCc1cc(O)c(CCN(CCC)[C@H]2CCc3c(O)cccc3C2)cc1O)C1CCc2c(O)cccc2C1. The summed E-state index contributed by atoms with van der Waals surface area (Å²) in [4.78, 5) is 5.03. The molecule has 0 fully saturated rings. The van der Waals surface area contributed by atoms with Crippen LogP contribution in [0.15, 0.2) is 48.5 Å². The highest BCUT2D eigenvalue weighted by Gasteiger charge is 2.27. The maximum atomic E-state index is 11.0. The van der Waals surface area contributed by atoms with Crippen LogP contribution in [0.3, 0.4) is 0 Å². The number of aromatic hydroxyl groups is 4. The predicted octanol–water partition coefficient (Wildman–Crippen LogP) is 6.13. The maximum Gasteiger partial charge on any atom is 0.119 e. The molecule has 2 aliphatic rings. The molecule has 3 aromatic rings. The lowest BCUT2D eigenvalue weighted by atomic mass is 9.86. The molecule has 0 saturated carbocycles. The molecule has 0 spiro atoms. The van der Waals surface area contributed by atoms with Crippen molar-refractivity contribution in [3.63, 3.8) is 0 Å². The van der Waals surface area contributed by atoms with Gasteiger partial charge in [-0.1, -0.05) is 38.1 Å². The van der Waals surface area contributed by atoms with Gasteiger partial charge in [0.05, 0.1) is 0 Å². The number of nitrogens with zero attached hydrogens (tertiary/aromatic N) is 2. The van der Waals surface area contributed by atoms with E-state index in [4.69, 9.17) is 0 Å². The second-order valence-electron chi connectivity index (χ2n) is 12.3. The Balaban J connectivity index is 1.21. The number of phenols is 4. The van der Waals surface area contributed by atoms with Crippen molar-refractivity contribution in [3.05, 3.63) is 81.9 Å². The molecule has 4 N–H and O–H groups in total. The lowest BCUT2D eigenvalue weighted by Gasteiger charge is -2.35. The van der Waals surface area contributed by atoms with Gasteiger partial charge in [-0.2, -0.15) is 0 Å². The molecule has 3 aromatic carbocycles. The van der Waals surface area contributed by atoms with Crippen molar-refractivity contribution in [1.82, 2.24) is 9.80 Å². The van der Waals surface area contributed by atoms with Crippen molar-refractivity contribution < 1.29 is 20.4 Å². The highest BCUT2D eigenvalue weighted by Crippen LogP contribution is 2.34. The summed E-state index contributed by atoms with van der Waals surface area (Å²) in [6.45, 7) is 8.02. The molecule has 1 unspecified atom stereocenters. The van der Waals surface area contributed by atoms with E-state index in [9.17, 15) is 20.4 Å². The van der Waals surface area contributed by atoms with E-state index in [-0.39, 0.29) is 11.5 Å². The Morgan fingerprint density at radius 3 is 1.43 bits per heavy atom. The molecule has 0 aliphatic heterocycles. The summed E-state index contributed by atoms with van der Waals surface area (Å²) in [5.74, 6) is 1.36. The molecule has 2 atom stereocenters. The van der Waals surface area contributed by atoms with Gasteiger partial charge in [0.25, 0.3) is 0 Å². The molecule has 6 nitrogen and oxygen atoms in total. The van der Waals surface area contributed by atoms with E-state index in [0.717, 1.165) is 99.8 Å². The minimum atomic E-state index is 0.266. The van der Waals surface area contributed by atoms with Gasteiger partial charge in [-0.3, -0.25) is 9.80 Å². The van der Waals surface area contributed by atoms with Gasteiger partial charge in [0.1, 0.15) is 23.0 Å². The molecule has 2 aliphatic carbocycles. The minimum absolute atomic E-state index is 0.266. The summed E-state index contributed by atoms with van der Waals surface area (Å²) in [5.41, 5.74) is 6.25. The smallest absolute Gasteiger partial charge is 0.119 e. The fourth-order valence-electron chi connectivity index (χ4n) is 7.28. The summed E-state index contributed by atoms with van der Waals surface area (Å²) in [6, 6.07) is 16.1. The van der Waals surface area contributed by atoms with E-state index in [1.165, 1.54) is 11.1 Å². The lowest BCUT2D eigenvalue weighted by Crippen LogP contribution is -2.41. The van der Waals surface area contributed by atoms with Gasteiger partial charge < -0.3 is 20.4 Å². The number of phenolic OH excluding ortho intramolecular Hbond substituents is 4. The van der Waals surface area contributed by atoms with Crippen LogP contribution in [0.25, 0.3) is 0 Å². The fraction of sp³-hybridized carbons (Fsp3) is 0.500. The van der Waals surface area contributed by atoms with Gasteiger partial charge in [-0.25, -0.2) is 0 Å². The first kappa shape index (κ1) is 30.2. The number of hydrogen-bond donors (Lipinski definition) is 4. The first-order chi connectivity index (χ1) is 20.4. The average Bonchev–Trinajstić information content (AvgIpc) is 2.99. The molecule has 0 radical (unpaired) electrons. The fourth-order valence-corrected chi connectivity index (χ4v) is 7.28. The molecule has 6 heteroatoms. The number of rotatable bonds is 12. The van der Waals surface area contributed by atoms with Gasteiger partial charge in [0.15, 0.2) is 0 Å². The topological polar surface area (TPSA) is 87.4 Å². The third-order valence-electron chi connectivity index (χ3n) is 9.53. The maximum absolute atomic E-state index is 11.0. The van der Waals surface area contributed by atoms with Crippen molar-refractivity contribution in [1.29, 1.82) is 0 Å². The van der Waals surface area contributed by atoms with Crippen LogP contribution in [0.5, 0.6) is 23.0 Å². The Morgan fingerprint density at radius 2 is 1.02 bits per heavy atom. The first-order valence-electron chi connectivity index (χ1n) is 16.0. The summed E-state index contributed by atoms with van der Waals surface area (Å²) in [7, 11) is 0. The Hall–Kier alpha value is -3.22. The van der Waals surface area contributed by atoms with E-state index in [2.05, 4.69) is 35.8 Å². The quantitative estimate of drug-likeness (QED) is 0.195. The van der Waals surface area contributed by atoms with Gasteiger partial charge >= 0.3 is 0 Å². The van der Waals surface area contributed by atoms with Crippen LogP contribution in [0.2, 0.25) is 0 Å². The standard InChI is InChI=1S/C36H48N2O4/c1-3-17-37(29-11-13-31-25(21-29)7-5-9-33(31)39)19-15-27-23-36(42)28(24-35(27)41)16-20-38(18-4-2)30-12-14-32-26(22-30)8-6-10-34(32)40/h5-10,23-24,29-30,39-42H,3-4,11-22H2,1-2H3/t29-,30?/m0/s1. The van der Waals surface area contributed by atoms with E-state index in [1.54, 1.807) is 24.3 Å². The van der Waals surface area contributed by atoms with Crippen LogP contribution < -0.4 is 0 Å². The summed E-state index contributed by atoms with van der Waals surface area (Å²) >= 11 is 0. The van der Waals surface area contributed by atoms with E-state index in [1.807, 2.05) is 12.1 Å². The Kier molecular flexibility index (Phi) is 9.96. The summed E-state index contributed by atoms with van der Waals surface area (Å²) in [5, 5.41) is 42.5. The number of benzene rings is 3. The molecule has 42 heavy (non-hydrogen) atoms. The molecular weight excluding hydrogens is 524 g/mol. The second kappa shape index (κ2) is 13.8. The lowest BCUT2D eigenvalue weighted by molar-refractivity contribution is 0.180. The predicted molar refractivity (Wildman–Crippen MR) is 169 cm³/mol. The third kappa shape index (κ3) is 6.87. The van der Waals surface area contributed by atoms with Crippen LogP contribution in [0.1, 0.15) is 72.9 Å². The van der Waals surface area contributed by atoms with E-state index < -0.39 is 0 Å². The molecule has 5 rings (SSSR count). The largest absolute Gasteiger partial charge is 0.508 e. The second-order valence-corrected chi connectivity index (χ2v) is 12.3. The molecule has 0 aromatic heterocycles. The molecular formula is C36H48N2O4. The van der Waals surface area contributed by atoms with Crippen molar-refractivity contribution in [2.45, 2.75) is 90.1 Å². The van der Waals surface area contributed by atoms with Gasteiger partial charge in [0, 0.05) is 25.2 Å². The minimum Gasteiger partial charge on any atom is -0.508 e. The summed E-state index contributed by atoms with van der Waals surface area (Å²) < 4.78 is 0. The molecule has 0 heterocycles. The monoisotopic (exact) mass is 572 g/mol. The van der Waals surface area contributed by atoms with Crippen LogP contribution in [-0.2, 0) is 38.5 Å².